The van der Waals surface area contributed by atoms with Crippen molar-refractivity contribution in [3.8, 4) is 0 Å². The molecule has 0 aliphatic carbocycles. The molecule has 2 rings (SSSR count). The van der Waals surface area contributed by atoms with Crippen molar-refractivity contribution in [1.82, 2.24) is 10.2 Å². The normalized spacial score (nSPS) is 27.3. The Morgan fingerprint density at radius 3 is 2.84 bits per heavy atom. The minimum Gasteiger partial charge on any atom is -0.481 e. The first-order chi connectivity index (χ1) is 9.16. The molecule has 2 atom stereocenters. The second kappa shape index (κ2) is 6.75. The SMILES string of the molecule is O=C(O)CCC1CCCCN1C(=O)NC1CCOC1. The lowest BCUT2D eigenvalue weighted by Gasteiger charge is -2.36. The summed E-state index contributed by atoms with van der Waals surface area (Å²) in [5, 5.41) is 11.7. The molecule has 2 N–H and O–H groups in total. The number of amides is 2. The van der Waals surface area contributed by atoms with E-state index in [0.717, 1.165) is 32.2 Å². The summed E-state index contributed by atoms with van der Waals surface area (Å²) in [5.41, 5.74) is 0. The molecule has 19 heavy (non-hydrogen) atoms. The highest BCUT2D eigenvalue weighted by Gasteiger charge is 2.29. The molecule has 6 nitrogen and oxygen atoms in total. The number of nitrogens with one attached hydrogen (secondary N) is 1. The number of carbonyl (C=O) groups excluding carboxylic acids is 1. The molecular formula is C13H22N2O4. The molecule has 2 fully saturated rings. The average Bonchev–Trinajstić information content (AvgIpc) is 2.89. The number of carboxylic acid groups (broad SMARTS) is 1. The number of aliphatic carboxylic acids is 1. The van der Waals surface area contributed by atoms with E-state index >= 15 is 0 Å². The van der Waals surface area contributed by atoms with Crippen LogP contribution in [0.25, 0.3) is 0 Å². The van der Waals surface area contributed by atoms with Crippen LogP contribution in [0.5, 0.6) is 0 Å². The zero-order chi connectivity index (χ0) is 13.7. The smallest absolute Gasteiger partial charge is 0.317 e. The third-order valence-corrected chi connectivity index (χ3v) is 3.84. The van der Waals surface area contributed by atoms with Crippen LogP contribution in [-0.2, 0) is 9.53 Å². The Labute approximate surface area is 113 Å². The molecule has 108 valence electrons. The van der Waals surface area contributed by atoms with Gasteiger partial charge in [-0.3, -0.25) is 4.79 Å². The van der Waals surface area contributed by atoms with Crippen LogP contribution in [0, 0.1) is 0 Å². The first-order valence-corrected chi connectivity index (χ1v) is 7.03. The Hall–Kier alpha value is -1.30. The van der Waals surface area contributed by atoms with Crippen LogP contribution >= 0.6 is 0 Å². The molecule has 0 saturated carbocycles. The zero-order valence-corrected chi connectivity index (χ0v) is 11.1. The van der Waals surface area contributed by atoms with E-state index < -0.39 is 5.97 Å². The molecule has 0 aromatic rings. The summed E-state index contributed by atoms with van der Waals surface area (Å²) < 4.78 is 5.24. The highest BCUT2D eigenvalue weighted by Crippen LogP contribution is 2.21. The molecular weight excluding hydrogens is 248 g/mol. The van der Waals surface area contributed by atoms with E-state index in [4.69, 9.17) is 9.84 Å². The van der Waals surface area contributed by atoms with Gasteiger partial charge in [0.1, 0.15) is 0 Å². The van der Waals surface area contributed by atoms with E-state index in [-0.39, 0.29) is 24.5 Å². The molecule has 2 saturated heterocycles. The summed E-state index contributed by atoms with van der Waals surface area (Å²) in [6.45, 7) is 2.01. The van der Waals surface area contributed by atoms with Crippen LogP contribution in [0.15, 0.2) is 0 Å². The minimum atomic E-state index is -0.796. The Morgan fingerprint density at radius 1 is 1.32 bits per heavy atom. The zero-order valence-electron chi connectivity index (χ0n) is 11.1. The van der Waals surface area contributed by atoms with Gasteiger partial charge in [-0.25, -0.2) is 4.79 Å². The Balaban J connectivity index is 1.86. The van der Waals surface area contributed by atoms with Crippen LogP contribution in [0.4, 0.5) is 4.79 Å². The van der Waals surface area contributed by atoms with E-state index in [2.05, 4.69) is 5.32 Å². The van der Waals surface area contributed by atoms with Crippen molar-refractivity contribution in [2.75, 3.05) is 19.8 Å². The van der Waals surface area contributed by atoms with Gasteiger partial charge in [-0.2, -0.15) is 0 Å². The molecule has 0 radical (unpaired) electrons. The molecule has 0 spiro atoms. The summed E-state index contributed by atoms with van der Waals surface area (Å²) in [7, 11) is 0. The van der Waals surface area contributed by atoms with Crippen LogP contribution in [0.1, 0.15) is 38.5 Å². The second-order valence-corrected chi connectivity index (χ2v) is 5.29. The summed E-state index contributed by atoms with van der Waals surface area (Å²) in [6.07, 6.45) is 4.50. The lowest BCUT2D eigenvalue weighted by molar-refractivity contribution is -0.137. The van der Waals surface area contributed by atoms with E-state index in [1.165, 1.54) is 0 Å². The third-order valence-electron chi connectivity index (χ3n) is 3.84. The number of rotatable bonds is 4. The first kappa shape index (κ1) is 14.1. The van der Waals surface area contributed by atoms with Crippen LogP contribution in [-0.4, -0.2) is 53.8 Å². The molecule has 0 aromatic carbocycles. The van der Waals surface area contributed by atoms with Gasteiger partial charge in [-0.15, -0.1) is 0 Å². The fourth-order valence-corrected chi connectivity index (χ4v) is 2.76. The van der Waals surface area contributed by atoms with E-state index in [0.29, 0.717) is 19.6 Å². The van der Waals surface area contributed by atoms with Gasteiger partial charge < -0.3 is 20.1 Å². The lowest BCUT2D eigenvalue weighted by atomic mass is 9.98. The number of urea groups is 1. The highest BCUT2D eigenvalue weighted by atomic mass is 16.5. The maximum atomic E-state index is 12.2. The number of piperidine rings is 1. The van der Waals surface area contributed by atoms with Gasteiger partial charge >= 0.3 is 12.0 Å². The van der Waals surface area contributed by atoms with Crippen LogP contribution in [0.2, 0.25) is 0 Å². The molecule has 2 aliphatic heterocycles. The van der Waals surface area contributed by atoms with Crippen LogP contribution < -0.4 is 5.32 Å². The van der Waals surface area contributed by atoms with Crippen molar-refractivity contribution in [3.05, 3.63) is 0 Å². The molecule has 2 aliphatic rings. The fourth-order valence-electron chi connectivity index (χ4n) is 2.76. The highest BCUT2D eigenvalue weighted by molar-refractivity contribution is 5.75. The van der Waals surface area contributed by atoms with Crippen LogP contribution in [0.3, 0.4) is 0 Å². The van der Waals surface area contributed by atoms with Crippen molar-refractivity contribution < 1.29 is 19.4 Å². The number of nitrogens with zero attached hydrogens (tertiary/aromatic N) is 1. The van der Waals surface area contributed by atoms with Gasteiger partial charge in [-0.1, -0.05) is 0 Å². The summed E-state index contributed by atoms with van der Waals surface area (Å²) in [5.74, 6) is -0.796. The molecule has 0 bridgehead atoms. The number of hydrogen-bond donors (Lipinski definition) is 2. The largest absolute Gasteiger partial charge is 0.481 e. The van der Waals surface area contributed by atoms with Crippen molar-refractivity contribution in [2.45, 2.75) is 50.6 Å². The maximum absolute atomic E-state index is 12.2. The molecule has 0 aromatic heterocycles. The molecule has 2 amide bonds. The third kappa shape index (κ3) is 4.09. The fraction of sp³-hybridized carbons (Fsp3) is 0.846. The van der Waals surface area contributed by atoms with Gasteiger partial charge in [0.05, 0.1) is 12.6 Å². The Bertz CT molecular complexity index is 329. The monoisotopic (exact) mass is 270 g/mol. The van der Waals surface area contributed by atoms with E-state index in [1.807, 2.05) is 4.90 Å². The summed E-state index contributed by atoms with van der Waals surface area (Å²) in [4.78, 5) is 24.7. The average molecular weight is 270 g/mol. The number of carboxylic acids is 1. The Kier molecular flexibility index (Phi) is 5.01. The van der Waals surface area contributed by atoms with Crippen molar-refractivity contribution in [2.24, 2.45) is 0 Å². The molecule has 2 heterocycles. The quantitative estimate of drug-likeness (QED) is 0.804. The number of hydrogen-bond acceptors (Lipinski definition) is 3. The van der Waals surface area contributed by atoms with Gasteiger partial charge in [0.15, 0.2) is 0 Å². The predicted octanol–water partition coefficient (Wildman–Crippen LogP) is 1.20. The number of ether oxygens (including phenoxy) is 1. The molecule has 2 unspecified atom stereocenters. The standard InChI is InChI=1S/C13H22N2O4/c16-12(17)5-4-11-3-1-2-7-15(11)13(18)14-10-6-8-19-9-10/h10-11H,1-9H2,(H,14,18)(H,16,17). The summed E-state index contributed by atoms with van der Waals surface area (Å²) in [6, 6.07) is 0.104. The van der Waals surface area contributed by atoms with E-state index in [1.54, 1.807) is 0 Å². The topological polar surface area (TPSA) is 78.9 Å². The molecule has 6 heteroatoms. The number of carbonyl (C=O) groups is 2. The van der Waals surface area contributed by atoms with Gasteiger partial charge in [0, 0.05) is 25.6 Å². The number of likely N-dealkylation sites (tertiary alicyclic amines) is 1. The minimum absolute atomic E-state index is 0.0622. The first-order valence-electron chi connectivity index (χ1n) is 7.03. The van der Waals surface area contributed by atoms with Crippen molar-refractivity contribution >= 4 is 12.0 Å². The van der Waals surface area contributed by atoms with Gasteiger partial charge in [-0.05, 0) is 32.1 Å². The predicted molar refractivity (Wildman–Crippen MR) is 69.0 cm³/mol. The van der Waals surface area contributed by atoms with Crippen molar-refractivity contribution in [1.29, 1.82) is 0 Å². The maximum Gasteiger partial charge on any atom is 0.317 e. The van der Waals surface area contributed by atoms with Gasteiger partial charge in [0.2, 0.25) is 0 Å². The van der Waals surface area contributed by atoms with E-state index in [9.17, 15) is 9.59 Å². The van der Waals surface area contributed by atoms with Crippen molar-refractivity contribution in [3.63, 3.8) is 0 Å². The summed E-state index contributed by atoms with van der Waals surface area (Å²) >= 11 is 0. The van der Waals surface area contributed by atoms with Gasteiger partial charge in [0.25, 0.3) is 0 Å². The Morgan fingerprint density at radius 2 is 2.16 bits per heavy atom. The second-order valence-electron chi connectivity index (χ2n) is 5.29. The lowest BCUT2D eigenvalue weighted by Crippen LogP contribution is -2.51.